The van der Waals surface area contributed by atoms with Gasteiger partial charge in [0.2, 0.25) is 0 Å². The summed E-state index contributed by atoms with van der Waals surface area (Å²) in [5.41, 5.74) is 13.1. The van der Waals surface area contributed by atoms with E-state index in [-0.39, 0.29) is 5.04 Å². The van der Waals surface area contributed by atoms with Crippen LogP contribution in [0.4, 0.5) is 0 Å². The van der Waals surface area contributed by atoms with Gasteiger partial charge in [-0.15, -0.1) is 0 Å². The zero-order chi connectivity index (χ0) is 23.2. The van der Waals surface area contributed by atoms with Gasteiger partial charge in [0.1, 0.15) is 8.80 Å². The highest BCUT2D eigenvalue weighted by atomic mass is 28.3. The number of benzene rings is 3. The SMILES string of the molecule is CC1=C(C)C(C)([SiH](c2cccc(C)c2C)c2cccc(C)c2C)C(c2ccccc2)=C1C. The van der Waals surface area contributed by atoms with Crippen LogP contribution in [0.3, 0.4) is 0 Å². The maximum Gasteiger partial charge on any atom is 0.118 e. The Kier molecular flexibility index (Phi) is 5.90. The van der Waals surface area contributed by atoms with Gasteiger partial charge in [-0.25, -0.2) is 0 Å². The Bertz CT molecular complexity index is 1190. The van der Waals surface area contributed by atoms with Crippen LogP contribution in [0.25, 0.3) is 5.57 Å². The lowest BCUT2D eigenvalue weighted by Gasteiger charge is -2.40. The third-order valence-electron chi connectivity index (χ3n) is 8.35. The largest absolute Gasteiger partial charge is 0.118 e. The second kappa shape index (κ2) is 8.37. The lowest BCUT2D eigenvalue weighted by molar-refractivity contribution is 0.900. The number of hydrogen-bond donors (Lipinski definition) is 0. The molecule has 0 N–H and O–H groups in total. The van der Waals surface area contributed by atoms with Gasteiger partial charge in [-0.3, -0.25) is 0 Å². The molecule has 4 rings (SSSR count). The Balaban J connectivity index is 2.11. The summed E-state index contributed by atoms with van der Waals surface area (Å²) >= 11 is 0. The molecule has 0 aromatic heterocycles. The predicted octanol–water partition coefficient (Wildman–Crippen LogP) is 6.85. The molecular weight excluding hydrogens is 400 g/mol. The van der Waals surface area contributed by atoms with E-state index in [1.165, 1.54) is 44.5 Å². The number of aryl methyl sites for hydroxylation is 2. The number of rotatable bonds is 4. The van der Waals surface area contributed by atoms with Gasteiger partial charge in [0, 0.05) is 5.04 Å². The first-order valence-electron chi connectivity index (χ1n) is 11.8. The van der Waals surface area contributed by atoms with Crippen molar-refractivity contribution in [3.05, 3.63) is 111 Å². The molecule has 32 heavy (non-hydrogen) atoms. The minimum absolute atomic E-state index is 0.00657. The molecule has 0 nitrogen and oxygen atoms in total. The molecule has 0 amide bonds. The monoisotopic (exact) mass is 436 g/mol. The van der Waals surface area contributed by atoms with Crippen LogP contribution in [0.5, 0.6) is 0 Å². The summed E-state index contributed by atoms with van der Waals surface area (Å²) in [5, 5.41) is 3.17. The molecule has 0 spiro atoms. The van der Waals surface area contributed by atoms with Crippen molar-refractivity contribution in [3.63, 3.8) is 0 Å². The molecule has 1 heteroatoms. The minimum Gasteiger partial charge on any atom is -0.0626 e. The summed E-state index contributed by atoms with van der Waals surface area (Å²) in [7, 11) is -1.73. The van der Waals surface area contributed by atoms with Gasteiger partial charge in [-0.1, -0.05) is 89.6 Å². The van der Waals surface area contributed by atoms with Gasteiger partial charge in [-0.2, -0.15) is 0 Å². The van der Waals surface area contributed by atoms with Gasteiger partial charge in [0.25, 0.3) is 0 Å². The molecule has 0 saturated heterocycles. The van der Waals surface area contributed by atoms with Gasteiger partial charge in [0.15, 0.2) is 0 Å². The molecule has 3 aromatic carbocycles. The number of allylic oxidation sites excluding steroid dienone is 4. The van der Waals surface area contributed by atoms with E-state index in [4.69, 9.17) is 0 Å². The molecule has 1 atom stereocenters. The highest BCUT2D eigenvalue weighted by Crippen LogP contribution is 2.58. The van der Waals surface area contributed by atoms with Crippen molar-refractivity contribution in [2.75, 3.05) is 0 Å². The van der Waals surface area contributed by atoms with Crippen LogP contribution in [0.15, 0.2) is 83.4 Å². The van der Waals surface area contributed by atoms with E-state index in [9.17, 15) is 0 Å². The second-order valence-electron chi connectivity index (χ2n) is 9.83. The fourth-order valence-corrected chi connectivity index (χ4v) is 10.7. The van der Waals surface area contributed by atoms with E-state index in [0.717, 1.165) is 0 Å². The summed E-state index contributed by atoms with van der Waals surface area (Å²) in [6, 6.07) is 25.0. The van der Waals surface area contributed by atoms with Gasteiger partial charge >= 0.3 is 0 Å². The first-order valence-corrected chi connectivity index (χ1v) is 13.5. The quantitative estimate of drug-likeness (QED) is 0.393. The van der Waals surface area contributed by atoms with E-state index in [0.29, 0.717) is 0 Å². The summed E-state index contributed by atoms with van der Waals surface area (Å²) in [6.45, 7) is 18.8. The van der Waals surface area contributed by atoms with Crippen LogP contribution in [-0.2, 0) is 0 Å². The summed E-state index contributed by atoms with van der Waals surface area (Å²) in [5.74, 6) is 0. The highest BCUT2D eigenvalue weighted by molar-refractivity contribution is 6.90. The van der Waals surface area contributed by atoms with Crippen molar-refractivity contribution >= 4 is 24.7 Å². The second-order valence-corrected chi connectivity index (χ2v) is 13.1. The molecule has 0 aliphatic heterocycles. The molecule has 0 bridgehead atoms. The fourth-order valence-electron chi connectivity index (χ4n) is 5.88. The Morgan fingerprint density at radius 1 is 0.562 bits per heavy atom. The first kappa shape index (κ1) is 22.5. The predicted molar refractivity (Wildman–Crippen MR) is 144 cm³/mol. The van der Waals surface area contributed by atoms with E-state index in [1.807, 2.05) is 0 Å². The minimum atomic E-state index is -1.73. The fraction of sp³-hybridized carbons (Fsp3) is 0.290. The Labute approximate surface area is 196 Å². The van der Waals surface area contributed by atoms with Crippen molar-refractivity contribution in [1.82, 2.24) is 0 Å². The normalized spacial score (nSPS) is 18.8. The molecule has 1 aliphatic carbocycles. The van der Waals surface area contributed by atoms with Gasteiger partial charge in [-0.05, 0) is 93.0 Å². The Morgan fingerprint density at radius 3 is 1.56 bits per heavy atom. The van der Waals surface area contributed by atoms with Crippen molar-refractivity contribution in [1.29, 1.82) is 0 Å². The van der Waals surface area contributed by atoms with Crippen LogP contribution in [0, 0.1) is 27.7 Å². The van der Waals surface area contributed by atoms with Crippen molar-refractivity contribution in [2.24, 2.45) is 0 Å². The summed E-state index contributed by atoms with van der Waals surface area (Å²) < 4.78 is 0. The standard InChI is InChI=1S/C31H36Si/c1-20-14-12-18-28(22(20)3)32(29-19-13-15-21(2)23(29)4)31(8)26(7)24(5)25(6)30(31)27-16-10-9-11-17-27/h9-19,32H,1-8H3. The van der Waals surface area contributed by atoms with Gasteiger partial charge < -0.3 is 0 Å². The lowest BCUT2D eigenvalue weighted by Crippen LogP contribution is -2.53. The van der Waals surface area contributed by atoms with Crippen LogP contribution in [0.2, 0.25) is 5.04 Å². The molecular formula is C31H36Si. The summed E-state index contributed by atoms with van der Waals surface area (Å²) in [4.78, 5) is 0. The molecule has 3 aromatic rings. The molecule has 164 valence electrons. The Hall–Kier alpha value is -2.64. The number of hydrogen-bond acceptors (Lipinski definition) is 0. The maximum absolute atomic E-state index is 2.55. The third-order valence-corrected chi connectivity index (χ3v) is 12.7. The zero-order valence-electron chi connectivity index (χ0n) is 20.9. The van der Waals surface area contributed by atoms with Crippen molar-refractivity contribution in [3.8, 4) is 0 Å². The molecule has 0 heterocycles. The van der Waals surface area contributed by atoms with E-state index < -0.39 is 8.80 Å². The first-order chi connectivity index (χ1) is 15.2. The van der Waals surface area contributed by atoms with E-state index in [2.05, 4.69) is 122 Å². The van der Waals surface area contributed by atoms with Crippen LogP contribution in [0.1, 0.15) is 55.5 Å². The topological polar surface area (TPSA) is 0 Å². The van der Waals surface area contributed by atoms with E-state index >= 15 is 0 Å². The van der Waals surface area contributed by atoms with E-state index in [1.54, 1.807) is 15.9 Å². The van der Waals surface area contributed by atoms with Crippen LogP contribution >= 0.6 is 0 Å². The molecule has 1 unspecified atom stereocenters. The molecule has 0 fully saturated rings. The smallest absolute Gasteiger partial charge is 0.0626 e. The lowest BCUT2D eigenvalue weighted by atomic mass is 9.90. The zero-order valence-corrected chi connectivity index (χ0v) is 22.1. The summed E-state index contributed by atoms with van der Waals surface area (Å²) in [6.07, 6.45) is 0. The molecule has 0 radical (unpaired) electrons. The Morgan fingerprint density at radius 2 is 1.06 bits per heavy atom. The maximum atomic E-state index is 2.55. The van der Waals surface area contributed by atoms with Crippen molar-refractivity contribution in [2.45, 2.75) is 60.4 Å². The highest BCUT2D eigenvalue weighted by Gasteiger charge is 2.48. The average Bonchev–Trinajstić information content (AvgIpc) is 2.95. The van der Waals surface area contributed by atoms with Crippen molar-refractivity contribution < 1.29 is 0 Å². The van der Waals surface area contributed by atoms with Crippen LogP contribution in [-0.4, -0.2) is 8.80 Å². The molecule has 1 aliphatic rings. The molecule has 0 saturated carbocycles. The van der Waals surface area contributed by atoms with Crippen LogP contribution < -0.4 is 10.4 Å². The average molecular weight is 437 g/mol. The van der Waals surface area contributed by atoms with Gasteiger partial charge in [0.05, 0.1) is 0 Å². The third kappa shape index (κ3) is 3.35.